The molecule has 6 heteroatoms. The minimum Gasteiger partial charge on any atom is -0.481 e. The van der Waals surface area contributed by atoms with E-state index in [0.717, 1.165) is 5.00 Å². The number of nitrogens with zero attached hydrogens (tertiary/aromatic N) is 1. The van der Waals surface area contributed by atoms with Gasteiger partial charge in [0.1, 0.15) is 5.00 Å². The number of carbonyl (C=O) groups excluding carboxylic acids is 2. The van der Waals surface area contributed by atoms with Gasteiger partial charge in [0.15, 0.2) is 5.78 Å². The topological polar surface area (TPSA) is 74.7 Å². The summed E-state index contributed by atoms with van der Waals surface area (Å²) in [6.07, 6.45) is 0.500. The number of aliphatic carboxylic acids is 1. The number of rotatable bonds is 7. The van der Waals surface area contributed by atoms with Crippen molar-refractivity contribution >= 4 is 40.2 Å². The number of hydrogen-bond donors (Lipinski definition) is 1. The SMILES string of the molecule is O=CN(c1ccc(C(=O)CCC(=O)O)cc1)c1cccs1. The highest BCUT2D eigenvalue weighted by Gasteiger charge is 2.12. The first-order chi connectivity index (χ1) is 10.1. The molecule has 0 fully saturated rings. The number of carboxylic acid groups (broad SMARTS) is 1. The summed E-state index contributed by atoms with van der Waals surface area (Å²) in [4.78, 5) is 34.9. The third-order valence-corrected chi connectivity index (χ3v) is 3.75. The molecule has 0 spiro atoms. The van der Waals surface area contributed by atoms with Crippen LogP contribution in [0.15, 0.2) is 41.8 Å². The zero-order valence-corrected chi connectivity index (χ0v) is 11.9. The van der Waals surface area contributed by atoms with E-state index in [-0.39, 0.29) is 18.6 Å². The Hall–Kier alpha value is -2.47. The number of ketones is 1. The van der Waals surface area contributed by atoms with Crippen molar-refractivity contribution in [2.75, 3.05) is 4.90 Å². The molecule has 0 aliphatic heterocycles. The predicted molar refractivity (Wildman–Crippen MR) is 80.2 cm³/mol. The van der Waals surface area contributed by atoms with Crippen molar-refractivity contribution in [2.45, 2.75) is 12.8 Å². The van der Waals surface area contributed by atoms with Gasteiger partial charge in [-0.15, -0.1) is 11.3 Å². The Morgan fingerprint density at radius 3 is 2.38 bits per heavy atom. The first-order valence-corrected chi connectivity index (χ1v) is 7.13. The Morgan fingerprint density at radius 2 is 1.86 bits per heavy atom. The number of hydrogen-bond acceptors (Lipinski definition) is 4. The van der Waals surface area contributed by atoms with Crippen LogP contribution >= 0.6 is 11.3 Å². The number of carbonyl (C=O) groups is 3. The van der Waals surface area contributed by atoms with Crippen LogP contribution in [0.1, 0.15) is 23.2 Å². The molecular weight excluding hydrogens is 290 g/mol. The van der Waals surface area contributed by atoms with Crippen LogP contribution in [0.25, 0.3) is 0 Å². The maximum Gasteiger partial charge on any atom is 0.303 e. The number of thiophene rings is 1. The molecule has 0 bridgehead atoms. The van der Waals surface area contributed by atoms with Crippen LogP contribution in [0.3, 0.4) is 0 Å². The summed E-state index contributed by atoms with van der Waals surface area (Å²) in [5.74, 6) is -1.22. The summed E-state index contributed by atoms with van der Waals surface area (Å²) in [5, 5.41) is 11.2. The van der Waals surface area contributed by atoms with E-state index in [1.807, 2.05) is 17.5 Å². The lowest BCUT2D eigenvalue weighted by Crippen LogP contribution is -2.12. The number of anilines is 2. The highest BCUT2D eigenvalue weighted by molar-refractivity contribution is 7.14. The fraction of sp³-hybridized carbons (Fsp3) is 0.133. The maximum absolute atomic E-state index is 11.8. The molecular formula is C15H13NO4S. The van der Waals surface area contributed by atoms with Crippen molar-refractivity contribution in [3.05, 3.63) is 47.3 Å². The average Bonchev–Trinajstić information content (AvgIpc) is 3.00. The van der Waals surface area contributed by atoms with Gasteiger partial charge >= 0.3 is 5.97 Å². The van der Waals surface area contributed by atoms with Gasteiger partial charge in [-0.3, -0.25) is 19.3 Å². The van der Waals surface area contributed by atoms with Crippen LogP contribution < -0.4 is 4.90 Å². The van der Waals surface area contributed by atoms with Gasteiger partial charge in [-0.25, -0.2) is 0 Å². The van der Waals surface area contributed by atoms with Gasteiger partial charge in [0.25, 0.3) is 0 Å². The van der Waals surface area contributed by atoms with E-state index >= 15 is 0 Å². The molecule has 0 saturated heterocycles. The molecule has 0 unspecified atom stereocenters. The molecule has 5 nitrogen and oxygen atoms in total. The number of benzene rings is 1. The van der Waals surface area contributed by atoms with Crippen molar-refractivity contribution < 1.29 is 19.5 Å². The summed E-state index contributed by atoms with van der Waals surface area (Å²) in [7, 11) is 0. The number of amides is 1. The number of Topliss-reactive ketones (excluding diaryl/α,β-unsaturated/α-hetero) is 1. The van der Waals surface area contributed by atoms with Gasteiger partial charge in [0, 0.05) is 17.7 Å². The van der Waals surface area contributed by atoms with Gasteiger partial charge in [0.05, 0.1) is 6.42 Å². The normalized spacial score (nSPS) is 10.1. The van der Waals surface area contributed by atoms with Crippen LogP contribution in [-0.4, -0.2) is 23.3 Å². The average molecular weight is 303 g/mol. The Balaban J connectivity index is 2.13. The maximum atomic E-state index is 11.8. The molecule has 0 saturated carbocycles. The van der Waals surface area contributed by atoms with Crippen LogP contribution in [0.2, 0.25) is 0 Å². The van der Waals surface area contributed by atoms with Crippen molar-refractivity contribution in [3.8, 4) is 0 Å². The van der Waals surface area contributed by atoms with Crippen LogP contribution in [0.5, 0.6) is 0 Å². The second-order valence-corrected chi connectivity index (χ2v) is 5.22. The lowest BCUT2D eigenvalue weighted by Gasteiger charge is -2.15. The predicted octanol–water partition coefficient (Wildman–Crippen LogP) is 3.09. The molecule has 0 atom stereocenters. The zero-order chi connectivity index (χ0) is 15.2. The summed E-state index contributed by atoms with van der Waals surface area (Å²) in [6, 6.07) is 10.2. The Morgan fingerprint density at radius 1 is 1.14 bits per heavy atom. The molecule has 1 amide bonds. The van der Waals surface area contributed by atoms with Crippen molar-refractivity contribution in [1.82, 2.24) is 0 Å². The van der Waals surface area contributed by atoms with Crippen LogP contribution in [0, 0.1) is 0 Å². The standard InChI is InChI=1S/C15H13NO4S/c17-10-16(14-2-1-9-21-14)12-5-3-11(4-6-12)13(18)7-8-15(19)20/h1-6,9-10H,7-8H2,(H,19,20). The Labute approximate surface area is 125 Å². The first kappa shape index (κ1) is 14.9. The summed E-state index contributed by atoms with van der Waals surface area (Å²) in [5.41, 5.74) is 1.10. The second-order valence-electron chi connectivity index (χ2n) is 4.29. The zero-order valence-electron chi connectivity index (χ0n) is 11.1. The minimum absolute atomic E-state index is 0.0308. The highest BCUT2D eigenvalue weighted by Crippen LogP contribution is 2.28. The molecule has 1 aromatic carbocycles. The molecule has 0 aliphatic carbocycles. The fourth-order valence-electron chi connectivity index (χ4n) is 1.82. The third-order valence-electron chi connectivity index (χ3n) is 2.88. The van der Waals surface area contributed by atoms with Gasteiger partial charge in [0.2, 0.25) is 6.41 Å². The van der Waals surface area contributed by atoms with Gasteiger partial charge in [-0.2, -0.15) is 0 Å². The van der Waals surface area contributed by atoms with E-state index in [4.69, 9.17) is 5.11 Å². The lowest BCUT2D eigenvalue weighted by atomic mass is 10.1. The summed E-state index contributed by atoms with van der Waals surface area (Å²) >= 11 is 1.43. The van der Waals surface area contributed by atoms with Gasteiger partial charge in [-0.1, -0.05) is 0 Å². The van der Waals surface area contributed by atoms with E-state index in [2.05, 4.69) is 0 Å². The molecule has 1 N–H and O–H groups in total. The fourth-order valence-corrected chi connectivity index (χ4v) is 2.54. The monoisotopic (exact) mass is 303 g/mol. The molecule has 21 heavy (non-hydrogen) atoms. The largest absolute Gasteiger partial charge is 0.481 e. The quantitative estimate of drug-likeness (QED) is 0.630. The molecule has 2 rings (SSSR count). The van der Waals surface area contributed by atoms with E-state index in [1.54, 1.807) is 24.3 Å². The molecule has 1 aromatic heterocycles. The number of carboxylic acids is 1. The second kappa shape index (κ2) is 6.81. The Bertz CT molecular complexity index is 634. The first-order valence-electron chi connectivity index (χ1n) is 6.25. The van der Waals surface area contributed by atoms with Crippen LogP contribution in [0.4, 0.5) is 10.7 Å². The van der Waals surface area contributed by atoms with Crippen molar-refractivity contribution in [1.29, 1.82) is 0 Å². The van der Waals surface area contributed by atoms with Gasteiger partial charge < -0.3 is 5.11 Å². The highest BCUT2D eigenvalue weighted by atomic mass is 32.1. The molecule has 1 heterocycles. The summed E-state index contributed by atoms with van der Waals surface area (Å²) in [6.45, 7) is 0. The Kier molecular flexibility index (Phi) is 4.84. The van der Waals surface area contributed by atoms with Crippen molar-refractivity contribution in [3.63, 3.8) is 0 Å². The summed E-state index contributed by atoms with van der Waals surface area (Å²) < 4.78 is 0. The van der Waals surface area contributed by atoms with E-state index in [1.165, 1.54) is 16.2 Å². The van der Waals surface area contributed by atoms with E-state index in [9.17, 15) is 14.4 Å². The van der Waals surface area contributed by atoms with E-state index < -0.39 is 5.97 Å². The van der Waals surface area contributed by atoms with Crippen LogP contribution in [-0.2, 0) is 9.59 Å². The van der Waals surface area contributed by atoms with Gasteiger partial charge in [-0.05, 0) is 41.8 Å². The van der Waals surface area contributed by atoms with Crippen molar-refractivity contribution in [2.24, 2.45) is 0 Å². The molecule has 0 radical (unpaired) electrons. The molecule has 108 valence electrons. The molecule has 2 aromatic rings. The van der Waals surface area contributed by atoms with E-state index in [0.29, 0.717) is 17.7 Å². The minimum atomic E-state index is -0.996. The third kappa shape index (κ3) is 3.76. The lowest BCUT2D eigenvalue weighted by molar-refractivity contribution is -0.136. The molecule has 0 aliphatic rings. The smallest absolute Gasteiger partial charge is 0.303 e.